The molecule has 0 aliphatic carbocycles. The molecule has 20 heavy (non-hydrogen) atoms. The molecule has 5 nitrogen and oxygen atoms in total. The van der Waals surface area contributed by atoms with Crippen LogP contribution in [0.1, 0.15) is 17.3 Å². The third kappa shape index (κ3) is 3.64. The van der Waals surface area contributed by atoms with Gasteiger partial charge in [0.05, 0.1) is 0 Å². The molecule has 0 unspecified atom stereocenters. The van der Waals surface area contributed by atoms with Crippen molar-refractivity contribution >= 4 is 15.9 Å². The van der Waals surface area contributed by atoms with Crippen molar-refractivity contribution < 1.29 is 17.6 Å². The standard InChI is InChI=1S/C13H17FN2O3S/c1-4-8-15-20(18,19)12-9-10(6-7-11(12)14)13(17)16(3)5-2/h4,6-7,9,15H,1,5,8H2,2-3H3. The summed E-state index contributed by atoms with van der Waals surface area (Å²) in [5.74, 6) is -1.27. The fourth-order valence-electron chi connectivity index (χ4n) is 1.45. The van der Waals surface area contributed by atoms with Gasteiger partial charge < -0.3 is 4.90 Å². The van der Waals surface area contributed by atoms with Gasteiger partial charge in [0.1, 0.15) is 10.7 Å². The average molecular weight is 300 g/mol. The van der Waals surface area contributed by atoms with E-state index >= 15 is 0 Å². The number of carbonyl (C=O) groups is 1. The van der Waals surface area contributed by atoms with Gasteiger partial charge in [0.25, 0.3) is 5.91 Å². The minimum absolute atomic E-state index is 0.0190. The van der Waals surface area contributed by atoms with E-state index in [9.17, 15) is 17.6 Å². The van der Waals surface area contributed by atoms with Crippen molar-refractivity contribution in [2.75, 3.05) is 20.1 Å². The van der Waals surface area contributed by atoms with Gasteiger partial charge >= 0.3 is 0 Å². The van der Waals surface area contributed by atoms with Crippen molar-refractivity contribution in [3.63, 3.8) is 0 Å². The minimum Gasteiger partial charge on any atom is -0.342 e. The molecule has 1 aromatic carbocycles. The maximum Gasteiger partial charge on any atom is 0.253 e. The lowest BCUT2D eigenvalue weighted by Gasteiger charge is -2.15. The van der Waals surface area contributed by atoms with Gasteiger partial charge in [-0.15, -0.1) is 6.58 Å². The summed E-state index contributed by atoms with van der Waals surface area (Å²) in [6.45, 7) is 5.61. The Morgan fingerprint density at radius 2 is 2.15 bits per heavy atom. The molecule has 0 radical (unpaired) electrons. The van der Waals surface area contributed by atoms with Crippen LogP contribution in [0.4, 0.5) is 4.39 Å². The van der Waals surface area contributed by atoms with Crippen LogP contribution in [0.15, 0.2) is 35.7 Å². The van der Waals surface area contributed by atoms with E-state index in [-0.39, 0.29) is 18.0 Å². The molecule has 0 saturated carbocycles. The Morgan fingerprint density at radius 1 is 1.50 bits per heavy atom. The molecule has 1 amide bonds. The predicted octanol–water partition coefficient (Wildman–Crippen LogP) is 1.38. The monoisotopic (exact) mass is 300 g/mol. The van der Waals surface area contributed by atoms with E-state index in [1.54, 1.807) is 14.0 Å². The number of hydrogen-bond donors (Lipinski definition) is 1. The van der Waals surface area contributed by atoms with Crippen LogP contribution >= 0.6 is 0 Å². The maximum atomic E-state index is 13.7. The van der Waals surface area contributed by atoms with Gasteiger partial charge in [0.15, 0.2) is 0 Å². The maximum absolute atomic E-state index is 13.7. The largest absolute Gasteiger partial charge is 0.342 e. The van der Waals surface area contributed by atoms with E-state index < -0.39 is 20.7 Å². The first-order valence-electron chi connectivity index (χ1n) is 5.99. The number of nitrogens with one attached hydrogen (secondary N) is 1. The average Bonchev–Trinajstić information content (AvgIpc) is 2.43. The fourth-order valence-corrected chi connectivity index (χ4v) is 2.55. The lowest BCUT2D eigenvalue weighted by Crippen LogP contribution is -2.28. The van der Waals surface area contributed by atoms with Crippen molar-refractivity contribution in [1.82, 2.24) is 9.62 Å². The number of hydrogen-bond acceptors (Lipinski definition) is 3. The second kappa shape index (κ2) is 6.62. The van der Waals surface area contributed by atoms with Crippen LogP contribution in [-0.2, 0) is 10.0 Å². The molecule has 1 rings (SSSR count). The third-order valence-corrected chi connectivity index (χ3v) is 4.14. The van der Waals surface area contributed by atoms with Crippen molar-refractivity contribution in [3.8, 4) is 0 Å². The molecule has 0 spiro atoms. The van der Waals surface area contributed by atoms with Gasteiger partial charge in [-0.25, -0.2) is 17.5 Å². The van der Waals surface area contributed by atoms with E-state index in [4.69, 9.17) is 0 Å². The first-order chi connectivity index (χ1) is 9.33. The smallest absolute Gasteiger partial charge is 0.253 e. The molecule has 0 fully saturated rings. The first-order valence-corrected chi connectivity index (χ1v) is 7.47. The van der Waals surface area contributed by atoms with Gasteiger partial charge in [-0.05, 0) is 25.1 Å². The number of carbonyl (C=O) groups excluding carboxylic acids is 1. The van der Waals surface area contributed by atoms with Crippen LogP contribution in [0.3, 0.4) is 0 Å². The van der Waals surface area contributed by atoms with Crippen molar-refractivity contribution in [2.24, 2.45) is 0 Å². The van der Waals surface area contributed by atoms with Crippen LogP contribution in [0, 0.1) is 5.82 Å². The van der Waals surface area contributed by atoms with Crippen LogP contribution in [0.2, 0.25) is 0 Å². The number of rotatable bonds is 6. The highest BCUT2D eigenvalue weighted by Crippen LogP contribution is 2.17. The van der Waals surface area contributed by atoms with Gasteiger partial charge in [-0.1, -0.05) is 6.08 Å². The molecular weight excluding hydrogens is 283 g/mol. The Hall–Kier alpha value is -1.73. The van der Waals surface area contributed by atoms with Crippen molar-refractivity contribution in [3.05, 3.63) is 42.2 Å². The summed E-state index contributed by atoms with van der Waals surface area (Å²) in [6, 6.07) is 3.27. The molecule has 1 aromatic rings. The summed E-state index contributed by atoms with van der Waals surface area (Å²) in [7, 11) is -2.43. The number of nitrogens with zero attached hydrogens (tertiary/aromatic N) is 1. The highest BCUT2D eigenvalue weighted by molar-refractivity contribution is 7.89. The van der Waals surface area contributed by atoms with Gasteiger partial charge in [-0.3, -0.25) is 4.79 Å². The van der Waals surface area contributed by atoms with Gasteiger partial charge in [0, 0.05) is 25.7 Å². The molecule has 0 aliphatic rings. The number of halogens is 1. The van der Waals surface area contributed by atoms with Crippen LogP contribution in [0.5, 0.6) is 0 Å². The molecule has 0 heterocycles. The fraction of sp³-hybridized carbons (Fsp3) is 0.308. The molecule has 0 bridgehead atoms. The van der Waals surface area contributed by atoms with Crippen molar-refractivity contribution in [1.29, 1.82) is 0 Å². The zero-order valence-electron chi connectivity index (χ0n) is 11.4. The molecule has 0 atom stereocenters. The summed E-state index contributed by atoms with van der Waals surface area (Å²) in [5.41, 5.74) is 0.120. The summed E-state index contributed by atoms with van der Waals surface area (Å²) in [5, 5.41) is 0. The van der Waals surface area contributed by atoms with Crippen LogP contribution in [-0.4, -0.2) is 39.4 Å². The Morgan fingerprint density at radius 3 is 2.70 bits per heavy atom. The SMILES string of the molecule is C=CCNS(=O)(=O)c1cc(C(=O)N(C)CC)ccc1F. The highest BCUT2D eigenvalue weighted by Gasteiger charge is 2.21. The van der Waals surface area contributed by atoms with E-state index in [0.29, 0.717) is 6.54 Å². The second-order valence-corrected chi connectivity index (χ2v) is 5.84. The Labute approximate surface area is 118 Å². The summed E-state index contributed by atoms with van der Waals surface area (Å²) >= 11 is 0. The zero-order chi connectivity index (χ0) is 15.3. The normalized spacial score (nSPS) is 11.2. The molecule has 1 N–H and O–H groups in total. The lowest BCUT2D eigenvalue weighted by molar-refractivity contribution is 0.0802. The van der Waals surface area contributed by atoms with E-state index in [0.717, 1.165) is 12.1 Å². The topological polar surface area (TPSA) is 66.5 Å². The summed E-state index contributed by atoms with van der Waals surface area (Å²) < 4.78 is 39.6. The Balaban J connectivity index is 3.22. The van der Waals surface area contributed by atoms with E-state index in [1.165, 1.54) is 17.0 Å². The number of amides is 1. The van der Waals surface area contributed by atoms with Crippen LogP contribution in [0.25, 0.3) is 0 Å². The number of sulfonamides is 1. The summed E-state index contributed by atoms with van der Waals surface area (Å²) in [6.07, 6.45) is 1.34. The van der Waals surface area contributed by atoms with Crippen molar-refractivity contribution in [2.45, 2.75) is 11.8 Å². The highest BCUT2D eigenvalue weighted by atomic mass is 32.2. The Kier molecular flexibility index (Phi) is 5.41. The molecular formula is C13H17FN2O3S. The second-order valence-electron chi connectivity index (χ2n) is 4.11. The molecule has 110 valence electrons. The third-order valence-electron chi connectivity index (χ3n) is 2.71. The van der Waals surface area contributed by atoms with E-state index in [1.807, 2.05) is 0 Å². The Bertz CT molecular complexity index is 614. The molecule has 0 saturated heterocycles. The van der Waals surface area contributed by atoms with Gasteiger partial charge in [0.2, 0.25) is 10.0 Å². The lowest BCUT2D eigenvalue weighted by atomic mass is 10.2. The quantitative estimate of drug-likeness (QED) is 0.807. The number of benzene rings is 1. The zero-order valence-corrected chi connectivity index (χ0v) is 12.2. The predicted molar refractivity (Wildman–Crippen MR) is 74.4 cm³/mol. The minimum atomic E-state index is -4.01. The summed E-state index contributed by atoms with van der Waals surface area (Å²) in [4.78, 5) is 12.8. The van der Waals surface area contributed by atoms with Gasteiger partial charge in [-0.2, -0.15) is 0 Å². The van der Waals surface area contributed by atoms with Crippen LogP contribution < -0.4 is 4.72 Å². The first kappa shape index (κ1) is 16.3. The molecule has 0 aromatic heterocycles. The molecule has 7 heteroatoms. The molecule has 0 aliphatic heterocycles. The van der Waals surface area contributed by atoms with E-state index in [2.05, 4.69) is 11.3 Å².